The highest BCUT2D eigenvalue weighted by Crippen LogP contribution is 2.16. The normalized spacial score (nSPS) is 11.9. The van der Waals surface area contributed by atoms with Crippen molar-refractivity contribution >= 4 is 5.96 Å². The fraction of sp³-hybridized carbons (Fsp3) is 0.650. The Morgan fingerprint density at radius 1 is 1.11 bits per heavy atom. The lowest BCUT2D eigenvalue weighted by Gasteiger charge is -2.12. The Morgan fingerprint density at radius 3 is 2.48 bits per heavy atom. The van der Waals surface area contributed by atoms with Gasteiger partial charge in [0.1, 0.15) is 0 Å². The van der Waals surface area contributed by atoms with Gasteiger partial charge in [0.15, 0.2) is 5.96 Å². The Labute approximate surface area is 163 Å². The molecule has 7 nitrogen and oxygen atoms in total. The number of hydrogen-bond acceptors (Lipinski definition) is 3. The van der Waals surface area contributed by atoms with E-state index < -0.39 is 0 Å². The first-order chi connectivity index (χ1) is 13.0. The summed E-state index contributed by atoms with van der Waals surface area (Å²) in [5.41, 5.74) is 5.98. The molecule has 0 radical (unpaired) electrons. The molecule has 7 heteroatoms. The van der Waals surface area contributed by atoms with E-state index in [0.29, 0.717) is 6.54 Å². The summed E-state index contributed by atoms with van der Waals surface area (Å²) in [6, 6.07) is 2.11. The summed E-state index contributed by atoms with van der Waals surface area (Å²) in [4.78, 5) is 4.80. The quantitative estimate of drug-likeness (QED) is 0.402. The summed E-state index contributed by atoms with van der Waals surface area (Å²) < 4.78 is 4.07. The zero-order chi connectivity index (χ0) is 19.8. The fourth-order valence-corrected chi connectivity index (χ4v) is 3.41. The summed E-state index contributed by atoms with van der Waals surface area (Å²) >= 11 is 0. The number of guanidine groups is 1. The molecule has 27 heavy (non-hydrogen) atoms. The minimum absolute atomic E-state index is 0.660. The fourth-order valence-electron chi connectivity index (χ4n) is 3.41. The Bertz CT molecular complexity index is 755. The predicted octanol–water partition coefficient (Wildman–Crippen LogP) is 2.50. The molecule has 2 rings (SSSR count). The van der Waals surface area contributed by atoms with Gasteiger partial charge in [-0.05, 0) is 46.1 Å². The van der Waals surface area contributed by atoms with Gasteiger partial charge in [-0.25, -0.2) is 4.99 Å². The number of aromatic nitrogens is 4. The van der Waals surface area contributed by atoms with E-state index in [0.717, 1.165) is 56.2 Å². The molecule has 2 aromatic rings. The van der Waals surface area contributed by atoms with Crippen LogP contribution in [-0.2, 0) is 33.0 Å². The summed E-state index contributed by atoms with van der Waals surface area (Å²) in [6.07, 6.45) is 2.91. The van der Waals surface area contributed by atoms with Crippen LogP contribution in [0.25, 0.3) is 0 Å². The first-order valence-corrected chi connectivity index (χ1v) is 10.1. The van der Waals surface area contributed by atoms with Gasteiger partial charge in [0.25, 0.3) is 0 Å². The van der Waals surface area contributed by atoms with Crippen molar-refractivity contribution in [2.75, 3.05) is 13.1 Å². The first-order valence-electron chi connectivity index (χ1n) is 10.1. The molecule has 0 saturated heterocycles. The number of aliphatic imine (C=N–C) groups is 1. The van der Waals surface area contributed by atoms with E-state index in [1.165, 1.54) is 17.0 Å². The number of hydrogen-bond donors (Lipinski definition) is 2. The van der Waals surface area contributed by atoms with Gasteiger partial charge in [0.05, 0.1) is 17.9 Å². The predicted molar refractivity (Wildman–Crippen MR) is 111 cm³/mol. The molecule has 2 heterocycles. The maximum absolute atomic E-state index is 4.80. The molecule has 0 spiro atoms. The van der Waals surface area contributed by atoms with Crippen LogP contribution in [0.1, 0.15) is 55.5 Å². The molecule has 0 aromatic carbocycles. The van der Waals surface area contributed by atoms with Crippen LogP contribution in [0, 0.1) is 13.8 Å². The van der Waals surface area contributed by atoms with Gasteiger partial charge >= 0.3 is 0 Å². The van der Waals surface area contributed by atoms with Crippen LogP contribution in [0.3, 0.4) is 0 Å². The van der Waals surface area contributed by atoms with E-state index in [-0.39, 0.29) is 0 Å². The molecule has 2 N–H and O–H groups in total. The molecule has 0 aliphatic heterocycles. The lowest BCUT2D eigenvalue weighted by atomic mass is 10.1. The van der Waals surface area contributed by atoms with Crippen molar-refractivity contribution in [3.8, 4) is 0 Å². The lowest BCUT2D eigenvalue weighted by Crippen LogP contribution is -2.38. The van der Waals surface area contributed by atoms with Crippen molar-refractivity contribution in [1.29, 1.82) is 0 Å². The number of nitrogens with zero attached hydrogens (tertiary/aromatic N) is 5. The number of aryl methyl sites for hydroxylation is 5. The van der Waals surface area contributed by atoms with Crippen LogP contribution in [-0.4, -0.2) is 38.6 Å². The minimum Gasteiger partial charge on any atom is -0.357 e. The molecule has 0 fully saturated rings. The maximum atomic E-state index is 4.80. The second-order valence-corrected chi connectivity index (χ2v) is 6.83. The average Bonchev–Trinajstić information content (AvgIpc) is 3.13. The zero-order valence-electron chi connectivity index (χ0n) is 17.8. The van der Waals surface area contributed by atoms with Crippen LogP contribution in [0.5, 0.6) is 0 Å². The maximum Gasteiger partial charge on any atom is 0.191 e. The Kier molecular flexibility index (Phi) is 7.88. The smallest absolute Gasteiger partial charge is 0.191 e. The Balaban J connectivity index is 1.95. The average molecular weight is 374 g/mol. The summed E-state index contributed by atoms with van der Waals surface area (Å²) in [5, 5.41) is 15.9. The van der Waals surface area contributed by atoms with Gasteiger partial charge < -0.3 is 10.6 Å². The third-order valence-electron chi connectivity index (χ3n) is 4.71. The molecular formula is C20H35N7. The van der Waals surface area contributed by atoms with Crippen LogP contribution < -0.4 is 10.6 Å². The molecule has 0 unspecified atom stereocenters. The van der Waals surface area contributed by atoms with Crippen LogP contribution in [0.4, 0.5) is 0 Å². The van der Waals surface area contributed by atoms with Gasteiger partial charge in [-0.15, -0.1) is 0 Å². The molecule has 2 aromatic heterocycles. The zero-order valence-corrected chi connectivity index (χ0v) is 17.8. The van der Waals surface area contributed by atoms with Crippen molar-refractivity contribution in [3.05, 3.63) is 34.4 Å². The van der Waals surface area contributed by atoms with E-state index >= 15 is 0 Å². The molecule has 0 aliphatic rings. The summed E-state index contributed by atoms with van der Waals surface area (Å²) in [7, 11) is 2.02. The van der Waals surface area contributed by atoms with E-state index in [2.05, 4.69) is 59.3 Å². The molecular weight excluding hydrogens is 338 g/mol. The monoisotopic (exact) mass is 373 g/mol. The summed E-state index contributed by atoms with van der Waals surface area (Å²) in [6.45, 7) is 13.8. The van der Waals surface area contributed by atoms with Gasteiger partial charge in [0.2, 0.25) is 0 Å². The molecule has 0 aliphatic carbocycles. The van der Waals surface area contributed by atoms with Gasteiger partial charge in [-0.1, -0.05) is 13.8 Å². The number of nitrogens with one attached hydrogen (secondary N) is 2. The first kappa shape index (κ1) is 21.0. The summed E-state index contributed by atoms with van der Waals surface area (Å²) in [5.74, 6) is 0.860. The van der Waals surface area contributed by atoms with Crippen LogP contribution in [0.2, 0.25) is 0 Å². The SMILES string of the molecule is CCNC(=NCc1c(CC)nn(C)c1CC)NCCCn1nc(C)cc1C. The van der Waals surface area contributed by atoms with E-state index in [1.807, 2.05) is 18.7 Å². The molecule has 0 atom stereocenters. The standard InChI is InChI=1S/C20H35N7/c1-7-18-17(19(8-2)26(6)25-18)14-23-20(21-9-3)22-11-10-12-27-16(5)13-15(4)24-27/h13H,7-12,14H2,1-6H3,(H2,21,22,23). The molecule has 0 amide bonds. The lowest BCUT2D eigenvalue weighted by molar-refractivity contribution is 0.555. The van der Waals surface area contributed by atoms with Crippen LogP contribution >= 0.6 is 0 Å². The van der Waals surface area contributed by atoms with Crippen molar-refractivity contribution in [2.24, 2.45) is 12.0 Å². The highest BCUT2D eigenvalue weighted by Gasteiger charge is 2.13. The molecule has 0 saturated carbocycles. The third kappa shape index (κ3) is 5.58. The Morgan fingerprint density at radius 2 is 1.89 bits per heavy atom. The molecule has 0 bridgehead atoms. The Hall–Kier alpha value is -2.31. The second kappa shape index (κ2) is 10.1. The van der Waals surface area contributed by atoms with E-state index in [9.17, 15) is 0 Å². The van der Waals surface area contributed by atoms with Gasteiger partial charge in [0, 0.05) is 43.6 Å². The molecule has 150 valence electrons. The minimum atomic E-state index is 0.660. The number of rotatable bonds is 9. The van der Waals surface area contributed by atoms with Crippen LogP contribution in [0.15, 0.2) is 11.1 Å². The van der Waals surface area contributed by atoms with Gasteiger partial charge in [-0.3, -0.25) is 9.36 Å². The topological polar surface area (TPSA) is 72.1 Å². The van der Waals surface area contributed by atoms with Gasteiger partial charge in [-0.2, -0.15) is 10.2 Å². The van der Waals surface area contributed by atoms with Crippen molar-refractivity contribution in [2.45, 2.75) is 67.0 Å². The van der Waals surface area contributed by atoms with Crippen molar-refractivity contribution < 1.29 is 0 Å². The highest BCUT2D eigenvalue weighted by molar-refractivity contribution is 5.79. The van der Waals surface area contributed by atoms with Crippen molar-refractivity contribution in [3.63, 3.8) is 0 Å². The second-order valence-electron chi connectivity index (χ2n) is 6.83. The highest BCUT2D eigenvalue weighted by atomic mass is 15.3. The van der Waals surface area contributed by atoms with E-state index in [4.69, 9.17) is 4.99 Å². The van der Waals surface area contributed by atoms with Crippen molar-refractivity contribution in [1.82, 2.24) is 30.2 Å². The largest absolute Gasteiger partial charge is 0.357 e. The third-order valence-corrected chi connectivity index (χ3v) is 4.71. The van der Waals surface area contributed by atoms with E-state index in [1.54, 1.807) is 0 Å².